The maximum Gasteiger partial charge on any atom is 0.223 e. The predicted octanol–water partition coefficient (Wildman–Crippen LogP) is 0.538. The lowest BCUT2D eigenvalue weighted by atomic mass is 10.1. The molecule has 2 saturated heterocycles. The Labute approximate surface area is 155 Å². The van der Waals surface area contributed by atoms with Crippen LogP contribution in [0.1, 0.15) is 19.3 Å². The van der Waals surface area contributed by atoms with E-state index in [0.29, 0.717) is 19.6 Å². The molecule has 2 aliphatic heterocycles. The summed E-state index contributed by atoms with van der Waals surface area (Å²) in [6.07, 6.45) is 2.96. The van der Waals surface area contributed by atoms with Crippen molar-refractivity contribution in [1.82, 2.24) is 15.1 Å². The van der Waals surface area contributed by atoms with Crippen molar-refractivity contribution >= 4 is 35.8 Å². The zero-order valence-electron chi connectivity index (χ0n) is 14.3. The van der Waals surface area contributed by atoms with Gasteiger partial charge in [0.15, 0.2) is 5.96 Å². The van der Waals surface area contributed by atoms with E-state index in [-0.39, 0.29) is 42.1 Å². The van der Waals surface area contributed by atoms with Gasteiger partial charge < -0.3 is 24.6 Å². The lowest BCUT2D eigenvalue weighted by Crippen LogP contribution is -2.53. The van der Waals surface area contributed by atoms with Crippen LogP contribution in [-0.2, 0) is 14.3 Å². The fraction of sp³-hybridized carbons (Fsp3) is 0.867. The van der Waals surface area contributed by atoms with Crippen LogP contribution in [0, 0.1) is 0 Å². The van der Waals surface area contributed by atoms with Gasteiger partial charge in [0.05, 0.1) is 12.7 Å². The minimum atomic E-state index is 0. The van der Waals surface area contributed by atoms with Crippen LogP contribution in [0.15, 0.2) is 4.99 Å². The Morgan fingerprint density at radius 1 is 1.30 bits per heavy atom. The first-order valence-corrected chi connectivity index (χ1v) is 8.00. The Kier molecular flexibility index (Phi) is 9.15. The standard InChI is InChI=1S/C15H28N4O3.HI/c1-16-15(17-7-6-14(20)18(2)3)19-8-10-22-13(11-19)12-5-4-9-21-12;/h12-13H,4-11H2,1-3H3,(H,16,17);1H. The van der Waals surface area contributed by atoms with Gasteiger partial charge in [-0.2, -0.15) is 0 Å². The number of halogens is 1. The first-order valence-electron chi connectivity index (χ1n) is 8.00. The first kappa shape index (κ1) is 20.4. The molecule has 0 aromatic rings. The molecule has 0 bridgehead atoms. The van der Waals surface area contributed by atoms with Crippen LogP contribution in [-0.4, -0.2) is 87.9 Å². The van der Waals surface area contributed by atoms with Gasteiger partial charge in [-0.05, 0) is 12.8 Å². The Morgan fingerprint density at radius 3 is 2.65 bits per heavy atom. The summed E-state index contributed by atoms with van der Waals surface area (Å²) in [7, 11) is 5.31. The predicted molar refractivity (Wildman–Crippen MR) is 100 cm³/mol. The van der Waals surface area contributed by atoms with E-state index in [1.807, 2.05) is 0 Å². The summed E-state index contributed by atoms with van der Waals surface area (Å²) in [5, 5.41) is 3.27. The van der Waals surface area contributed by atoms with Crippen LogP contribution in [0.5, 0.6) is 0 Å². The van der Waals surface area contributed by atoms with Crippen LogP contribution in [0.3, 0.4) is 0 Å². The number of carbonyl (C=O) groups is 1. The number of hydrogen-bond acceptors (Lipinski definition) is 4. The number of carbonyl (C=O) groups excluding carboxylic acids is 1. The van der Waals surface area contributed by atoms with E-state index in [0.717, 1.165) is 38.5 Å². The van der Waals surface area contributed by atoms with Crippen molar-refractivity contribution in [2.75, 3.05) is 54.0 Å². The molecule has 8 heteroatoms. The Balaban J connectivity index is 0.00000264. The summed E-state index contributed by atoms with van der Waals surface area (Å²) in [5.74, 6) is 0.944. The first-order chi connectivity index (χ1) is 10.6. The van der Waals surface area contributed by atoms with Gasteiger partial charge in [-0.25, -0.2) is 0 Å². The largest absolute Gasteiger partial charge is 0.375 e. The minimum Gasteiger partial charge on any atom is -0.375 e. The second-order valence-electron chi connectivity index (χ2n) is 5.92. The van der Waals surface area contributed by atoms with Crippen LogP contribution in [0.2, 0.25) is 0 Å². The number of hydrogen-bond donors (Lipinski definition) is 1. The van der Waals surface area contributed by atoms with E-state index in [1.54, 1.807) is 26.0 Å². The molecule has 0 aromatic heterocycles. The van der Waals surface area contributed by atoms with E-state index in [4.69, 9.17) is 9.47 Å². The molecule has 0 saturated carbocycles. The highest BCUT2D eigenvalue weighted by Gasteiger charge is 2.32. The minimum absolute atomic E-state index is 0. The topological polar surface area (TPSA) is 66.4 Å². The second-order valence-corrected chi connectivity index (χ2v) is 5.92. The zero-order valence-corrected chi connectivity index (χ0v) is 16.6. The van der Waals surface area contributed by atoms with Gasteiger partial charge in [0.25, 0.3) is 0 Å². The van der Waals surface area contributed by atoms with E-state index >= 15 is 0 Å². The summed E-state index contributed by atoms with van der Waals surface area (Å²) in [4.78, 5) is 19.7. The van der Waals surface area contributed by atoms with Gasteiger partial charge in [0, 0.05) is 53.8 Å². The summed E-state index contributed by atoms with van der Waals surface area (Å²) >= 11 is 0. The monoisotopic (exact) mass is 440 g/mol. The maximum absolute atomic E-state index is 11.6. The highest BCUT2D eigenvalue weighted by molar-refractivity contribution is 14.0. The summed E-state index contributed by atoms with van der Waals surface area (Å²) in [6, 6.07) is 0. The molecule has 2 unspecified atom stereocenters. The van der Waals surface area contributed by atoms with Crippen molar-refractivity contribution in [3.8, 4) is 0 Å². The number of rotatable bonds is 4. The molecular formula is C15H29IN4O3. The number of aliphatic imine (C=N–C) groups is 1. The SMILES string of the molecule is CN=C(NCCC(=O)N(C)C)N1CCOC(C2CCCO2)C1.I. The smallest absolute Gasteiger partial charge is 0.223 e. The molecule has 2 atom stereocenters. The van der Waals surface area contributed by atoms with Gasteiger partial charge in [0.2, 0.25) is 5.91 Å². The van der Waals surface area contributed by atoms with Gasteiger partial charge in [-0.1, -0.05) is 0 Å². The normalized spacial score (nSPS) is 25.0. The molecule has 0 aliphatic carbocycles. The lowest BCUT2D eigenvalue weighted by molar-refractivity contribution is -0.128. The maximum atomic E-state index is 11.6. The van der Waals surface area contributed by atoms with Crippen LogP contribution >= 0.6 is 24.0 Å². The van der Waals surface area contributed by atoms with Crippen molar-refractivity contribution in [1.29, 1.82) is 0 Å². The molecule has 0 aromatic carbocycles. The lowest BCUT2D eigenvalue weighted by Gasteiger charge is -2.37. The number of nitrogens with one attached hydrogen (secondary N) is 1. The molecule has 0 radical (unpaired) electrons. The van der Waals surface area contributed by atoms with E-state index in [1.165, 1.54) is 0 Å². The Morgan fingerprint density at radius 2 is 2.04 bits per heavy atom. The van der Waals surface area contributed by atoms with Crippen molar-refractivity contribution < 1.29 is 14.3 Å². The summed E-state index contributed by atoms with van der Waals surface area (Å²) in [6.45, 7) is 3.70. The fourth-order valence-corrected chi connectivity index (χ4v) is 2.83. The van der Waals surface area contributed by atoms with Gasteiger partial charge in [-0.15, -0.1) is 24.0 Å². The molecule has 23 heavy (non-hydrogen) atoms. The average molecular weight is 440 g/mol. The van der Waals surface area contributed by atoms with E-state index in [2.05, 4.69) is 15.2 Å². The van der Waals surface area contributed by atoms with Crippen molar-refractivity contribution in [3.05, 3.63) is 0 Å². The quantitative estimate of drug-likeness (QED) is 0.393. The van der Waals surface area contributed by atoms with Crippen molar-refractivity contribution in [2.45, 2.75) is 31.5 Å². The number of ether oxygens (including phenoxy) is 2. The van der Waals surface area contributed by atoms with Crippen LogP contribution < -0.4 is 5.32 Å². The van der Waals surface area contributed by atoms with Gasteiger partial charge >= 0.3 is 0 Å². The molecular weight excluding hydrogens is 411 g/mol. The Hall–Kier alpha value is -0.610. The Bertz CT molecular complexity index is 400. The van der Waals surface area contributed by atoms with E-state index in [9.17, 15) is 4.79 Å². The third-order valence-corrected chi connectivity index (χ3v) is 4.11. The molecule has 7 nitrogen and oxygen atoms in total. The third-order valence-electron chi connectivity index (χ3n) is 4.11. The third kappa shape index (κ3) is 6.07. The molecule has 2 heterocycles. The fourth-order valence-electron chi connectivity index (χ4n) is 2.83. The summed E-state index contributed by atoms with van der Waals surface area (Å²) in [5.41, 5.74) is 0. The van der Waals surface area contributed by atoms with Crippen LogP contribution in [0.25, 0.3) is 0 Å². The number of nitrogens with zero attached hydrogens (tertiary/aromatic N) is 3. The van der Waals surface area contributed by atoms with Gasteiger partial charge in [-0.3, -0.25) is 9.79 Å². The highest BCUT2D eigenvalue weighted by atomic mass is 127. The van der Waals surface area contributed by atoms with Crippen molar-refractivity contribution in [3.63, 3.8) is 0 Å². The molecule has 1 amide bonds. The number of amides is 1. The van der Waals surface area contributed by atoms with Crippen LogP contribution in [0.4, 0.5) is 0 Å². The molecule has 2 fully saturated rings. The van der Waals surface area contributed by atoms with Crippen molar-refractivity contribution in [2.24, 2.45) is 4.99 Å². The highest BCUT2D eigenvalue weighted by Crippen LogP contribution is 2.20. The van der Waals surface area contributed by atoms with Gasteiger partial charge in [0.1, 0.15) is 6.10 Å². The van der Waals surface area contributed by atoms with E-state index < -0.39 is 0 Å². The summed E-state index contributed by atoms with van der Waals surface area (Å²) < 4.78 is 11.6. The zero-order chi connectivity index (χ0) is 15.9. The molecule has 2 aliphatic rings. The molecule has 0 spiro atoms. The molecule has 2 rings (SSSR count). The number of guanidine groups is 1. The molecule has 1 N–H and O–H groups in total. The number of morpholine rings is 1. The second kappa shape index (κ2) is 10.3. The average Bonchev–Trinajstić information content (AvgIpc) is 3.06. The molecule has 134 valence electrons.